The van der Waals surface area contributed by atoms with Gasteiger partial charge in [-0.3, -0.25) is 9.36 Å². The Morgan fingerprint density at radius 1 is 1.26 bits per heavy atom. The lowest BCUT2D eigenvalue weighted by Gasteiger charge is -2.18. The van der Waals surface area contributed by atoms with Crippen LogP contribution in [0.5, 0.6) is 11.5 Å². The molecular weight excluding hydrogens is 466 g/mol. The highest BCUT2D eigenvalue weighted by Crippen LogP contribution is 2.38. The second-order valence-electron chi connectivity index (χ2n) is 7.93. The van der Waals surface area contributed by atoms with Crippen molar-refractivity contribution in [1.82, 2.24) is 19.4 Å². The van der Waals surface area contributed by atoms with Crippen molar-refractivity contribution in [2.45, 2.75) is 18.5 Å². The van der Waals surface area contributed by atoms with E-state index in [2.05, 4.69) is 15.3 Å². The summed E-state index contributed by atoms with van der Waals surface area (Å²) in [7, 11) is 4.59. The van der Waals surface area contributed by atoms with Gasteiger partial charge in [-0.25, -0.2) is 9.78 Å². The number of nitrogens with zero attached hydrogens (tertiary/aromatic N) is 4. The van der Waals surface area contributed by atoms with E-state index >= 15 is 0 Å². The Morgan fingerprint density at radius 3 is 2.65 bits per heavy atom. The molecule has 3 N–H and O–H groups in total. The molecule has 1 aliphatic rings. The molecule has 12 heteroatoms. The van der Waals surface area contributed by atoms with E-state index in [1.54, 1.807) is 31.4 Å². The van der Waals surface area contributed by atoms with E-state index in [-0.39, 0.29) is 35.7 Å². The molecular formula is C22H24ClN5O6. The average Bonchev–Trinajstić information content (AvgIpc) is 3.25. The van der Waals surface area contributed by atoms with Crippen molar-refractivity contribution in [1.29, 1.82) is 0 Å². The number of aliphatic hydroxyl groups is 1. The summed E-state index contributed by atoms with van der Waals surface area (Å²) in [6.45, 7) is -0.0754. The second-order valence-corrected chi connectivity index (χ2v) is 8.31. The normalized spacial score (nSPS) is 17.7. The zero-order valence-corrected chi connectivity index (χ0v) is 19.5. The smallest absolute Gasteiger partial charge is 0.407 e. The number of methoxy groups -OCH3 is 2. The van der Waals surface area contributed by atoms with Gasteiger partial charge in [0.2, 0.25) is 5.95 Å². The maximum absolute atomic E-state index is 13.2. The van der Waals surface area contributed by atoms with Crippen LogP contribution >= 0.6 is 11.6 Å². The van der Waals surface area contributed by atoms with Gasteiger partial charge in [0.1, 0.15) is 17.1 Å². The van der Waals surface area contributed by atoms with Crippen molar-refractivity contribution in [2.75, 3.05) is 32.7 Å². The van der Waals surface area contributed by atoms with Gasteiger partial charge >= 0.3 is 6.09 Å². The van der Waals surface area contributed by atoms with Crippen molar-refractivity contribution in [3.8, 4) is 22.6 Å². The number of carboxylic acid groups (broad SMARTS) is 1. The van der Waals surface area contributed by atoms with Crippen molar-refractivity contribution < 1.29 is 24.5 Å². The van der Waals surface area contributed by atoms with Gasteiger partial charge in [0.15, 0.2) is 0 Å². The van der Waals surface area contributed by atoms with Gasteiger partial charge in [0, 0.05) is 48.4 Å². The number of rotatable bonds is 6. The largest absolute Gasteiger partial charge is 0.497 e. The summed E-state index contributed by atoms with van der Waals surface area (Å²) in [5.41, 5.74) is 0.856. The van der Waals surface area contributed by atoms with Gasteiger partial charge < -0.3 is 29.9 Å². The van der Waals surface area contributed by atoms with Gasteiger partial charge in [0.25, 0.3) is 5.56 Å². The van der Waals surface area contributed by atoms with Crippen molar-refractivity contribution >= 4 is 34.7 Å². The number of aromatic nitrogens is 3. The predicted octanol–water partition coefficient (Wildman–Crippen LogP) is 2.19. The average molecular weight is 490 g/mol. The lowest BCUT2D eigenvalue weighted by molar-refractivity contribution is 0.118. The fourth-order valence-corrected chi connectivity index (χ4v) is 4.44. The summed E-state index contributed by atoms with van der Waals surface area (Å²) in [5.74, 6) is 1.12. The fourth-order valence-electron chi connectivity index (χ4n) is 4.16. The molecule has 0 radical (unpaired) electrons. The first-order valence-electron chi connectivity index (χ1n) is 10.4. The highest BCUT2D eigenvalue weighted by molar-refractivity contribution is 6.35. The van der Waals surface area contributed by atoms with Gasteiger partial charge in [-0.05, 0) is 18.6 Å². The molecule has 1 fully saturated rings. The second kappa shape index (κ2) is 9.35. The number of benzene rings is 1. The number of aliphatic hydroxyl groups excluding tert-OH is 1. The van der Waals surface area contributed by atoms with Crippen LogP contribution in [-0.4, -0.2) is 75.2 Å². The number of hydrogen-bond donors (Lipinski definition) is 3. The number of likely N-dealkylation sites (tertiary alicyclic amines) is 1. The number of ether oxygens (including phenoxy) is 2. The Balaban J connectivity index is 1.71. The molecule has 34 heavy (non-hydrogen) atoms. The number of fused-ring (bicyclic) bond motifs is 1. The number of anilines is 1. The number of hydrogen-bond acceptors (Lipinski definition) is 8. The summed E-state index contributed by atoms with van der Waals surface area (Å²) in [4.78, 5) is 34.6. The van der Waals surface area contributed by atoms with Crippen LogP contribution in [0.4, 0.5) is 10.7 Å². The van der Waals surface area contributed by atoms with Crippen molar-refractivity contribution in [2.24, 2.45) is 7.05 Å². The Bertz CT molecular complexity index is 1310. The number of nitrogens with one attached hydrogen (secondary N) is 1. The van der Waals surface area contributed by atoms with Crippen LogP contribution in [0.2, 0.25) is 5.02 Å². The Hall–Kier alpha value is -3.57. The third kappa shape index (κ3) is 4.19. The SMILES string of the molecule is COc1cc(OC)c(Cl)c(-c2cc3cnc(N[C@H]4C[C@@H](CO)N(C(=O)O)C4)nc3n(C)c2=O)c1. The summed E-state index contributed by atoms with van der Waals surface area (Å²) < 4.78 is 12.0. The molecule has 3 aromatic rings. The van der Waals surface area contributed by atoms with E-state index < -0.39 is 12.1 Å². The maximum atomic E-state index is 13.2. The van der Waals surface area contributed by atoms with Crippen LogP contribution in [0, 0.1) is 0 Å². The number of pyridine rings is 1. The van der Waals surface area contributed by atoms with Crippen LogP contribution in [0.1, 0.15) is 6.42 Å². The quantitative estimate of drug-likeness (QED) is 0.475. The maximum Gasteiger partial charge on any atom is 0.407 e. The molecule has 0 bridgehead atoms. The molecule has 2 aromatic heterocycles. The molecule has 1 aliphatic heterocycles. The molecule has 1 aromatic carbocycles. The highest BCUT2D eigenvalue weighted by atomic mass is 35.5. The summed E-state index contributed by atoms with van der Waals surface area (Å²) >= 11 is 6.49. The molecule has 4 rings (SSSR count). The summed E-state index contributed by atoms with van der Waals surface area (Å²) in [6, 6.07) is 4.19. The first-order valence-corrected chi connectivity index (χ1v) is 10.8. The molecule has 11 nitrogen and oxygen atoms in total. The van der Waals surface area contributed by atoms with Gasteiger partial charge in [0.05, 0.1) is 31.9 Å². The van der Waals surface area contributed by atoms with E-state index in [1.807, 2.05) is 0 Å². The van der Waals surface area contributed by atoms with E-state index in [9.17, 15) is 19.8 Å². The molecule has 180 valence electrons. The molecule has 0 spiro atoms. The van der Waals surface area contributed by atoms with Crippen molar-refractivity contribution in [3.05, 3.63) is 39.8 Å². The molecule has 1 amide bonds. The Morgan fingerprint density at radius 2 is 2.03 bits per heavy atom. The minimum absolute atomic E-state index is 0.190. The van der Waals surface area contributed by atoms with Crippen LogP contribution < -0.4 is 20.3 Å². The number of amides is 1. The third-order valence-corrected chi connectivity index (χ3v) is 6.30. The van der Waals surface area contributed by atoms with E-state index in [0.29, 0.717) is 40.1 Å². The lowest BCUT2D eigenvalue weighted by Crippen LogP contribution is -2.37. The lowest BCUT2D eigenvalue weighted by atomic mass is 10.0. The fraction of sp³-hybridized carbons (Fsp3) is 0.364. The predicted molar refractivity (Wildman–Crippen MR) is 126 cm³/mol. The van der Waals surface area contributed by atoms with E-state index in [4.69, 9.17) is 21.1 Å². The first kappa shape index (κ1) is 23.6. The molecule has 0 saturated carbocycles. The third-order valence-electron chi connectivity index (χ3n) is 5.91. The Labute approximate surface area is 199 Å². The topological polar surface area (TPSA) is 139 Å². The van der Waals surface area contributed by atoms with Crippen LogP contribution in [0.3, 0.4) is 0 Å². The molecule has 3 heterocycles. The van der Waals surface area contributed by atoms with Crippen molar-refractivity contribution in [3.63, 3.8) is 0 Å². The van der Waals surface area contributed by atoms with Crippen LogP contribution in [0.25, 0.3) is 22.2 Å². The standard InChI is InChI=1S/C22H24ClN5O6/c1-27-19-11(4-16(20(27)30)15-6-14(33-2)7-17(34-3)18(15)23)8-24-21(26-19)25-12-5-13(10-29)28(9-12)22(31)32/h4,6-8,12-13,29H,5,9-10H2,1-3H3,(H,31,32)(H,24,25,26)/t12-,13-/m0/s1. The Kier molecular flexibility index (Phi) is 6.49. The first-order chi connectivity index (χ1) is 16.3. The van der Waals surface area contributed by atoms with Crippen LogP contribution in [0.15, 0.2) is 29.2 Å². The zero-order valence-electron chi connectivity index (χ0n) is 18.8. The number of carbonyl (C=O) groups is 1. The van der Waals surface area contributed by atoms with Gasteiger partial charge in [-0.1, -0.05) is 11.6 Å². The van der Waals surface area contributed by atoms with Crippen LogP contribution in [-0.2, 0) is 7.05 Å². The van der Waals surface area contributed by atoms with Gasteiger partial charge in [-0.15, -0.1) is 0 Å². The highest BCUT2D eigenvalue weighted by Gasteiger charge is 2.35. The minimum Gasteiger partial charge on any atom is -0.497 e. The number of aryl methyl sites for hydroxylation is 1. The van der Waals surface area contributed by atoms with Gasteiger partial charge in [-0.2, -0.15) is 4.98 Å². The summed E-state index contributed by atoms with van der Waals surface area (Å²) in [5, 5.41) is 22.8. The van der Waals surface area contributed by atoms with E-state index in [1.165, 1.54) is 23.7 Å². The molecule has 0 aliphatic carbocycles. The monoisotopic (exact) mass is 489 g/mol. The zero-order chi connectivity index (χ0) is 24.6. The summed E-state index contributed by atoms with van der Waals surface area (Å²) in [6.07, 6.45) is 0.899. The molecule has 0 unspecified atom stereocenters. The minimum atomic E-state index is -1.09. The molecule has 2 atom stereocenters. The number of halogens is 1. The molecule has 1 saturated heterocycles. The van der Waals surface area contributed by atoms with E-state index in [0.717, 1.165) is 0 Å².